The number of hydrogen-bond acceptors (Lipinski definition) is 3. The van der Waals surface area contributed by atoms with Crippen molar-refractivity contribution in [3.05, 3.63) is 24.0 Å². The quantitative estimate of drug-likeness (QED) is 0.868. The summed E-state index contributed by atoms with van der Waals surface area (Å²) in [7, 11) is 0. The first-order valence-electron chi connectivity index (χ1n) is 6.75. The van der Waals surface area contributed by atoms with Crippen molar-refractivity contribution in [3.8, 4) is 0 Å². The minimum Gasteiger partial charge on any atom is -0.370 e. The lowest BCUT2D eigenvalue weighted by Gasteiger charge is -2.22. The van der Waals surface area contributed by atoms with E-state index in [4.69, 9.17) is 5.73 Å². The van der Waals surface area contributed by atoms with Gasteiger partial charge in [0.1, 0.15) is 11.5 Å². The number of para-hydroxylation sites is 1. The molecule has 1 fully saturated rings. The zero-order valence-corrected chi connectivity index (χ0v) is 13.4. The lowest BCUT2D eigenvalue weighted by atomic mass is 10.2. The van der Waals surface area contributed by atoms with Crippen LogP contribution in [0, 0.1) is 5.82 Å². The summed E-state index contributed by atoms with van der Waals surface area (Å²) < 4.78 is 13.9. The van der Waals surface area contributed by atoms with Gasteiger partial charge in [-0.15, -0.1) is 24.8 Å². The van der Waals surface area contributed by atoms with E-state index < -0.39 is 0 Å². The summed E-state index contributed by atoms with van der Waals surface area (Å²) in [6, 6.07) is 4.91. The predicted molar refractivity (Wildman–Crippen MR) is 89.3 cm³/mol. The first-order valence-corrected chi connectivity index (χ1v) is 6.75. The number of nitrogens with one attached hydrogen (secondary N) is 1. The van der Waals surface area contributed by atoms with Gasteiger partial charge in [0, 0.05) is 19.5 Å². The minimum atomic E-state index is -0.384. The van der Waals surface area contributed by atoms with Crippen molar-refractivity contribution in [2.75, 3.05) is 29.9 Å². The zero-order chi connectivity index (χ0) is 13.7. The summed E-state index contributed by atoms with van der Waals surface area (Å²) in [5, 5.41) is 2.68. The topological polar surface area (TPSA) is 58.4 Å². The Bertz CT molecular complexity index is 454. The largest absolute Gasteiger partial charge is 0.370 e. The van der Waals surface area contributed by atoms with Crippen molar-refractivity contribution in [1.82, 2.24) is 0 Å². The van der Waals surface area contributed by atoms with E-state index in [1.54, 1.807) is 6.07 Å². The zero-order valence-electron chi connectivity index (χ0n) is 11.8. The van der Waals surface area contributed by atoms with E-state index in [0.29, 0.717) is 25.1 Å². The minimum absolute atomic E-state index is 0. The third-order valence-corrected chi connectivity index (χ3v) is 3.31. The van der Waals surface area contributed by atoms with Crippen LogP contribution in [0.5, 0.6) is 0 Å². The van der Waals surface area contributed by atoms with Crippen LogP contribution in [0.15, 0.2) is 18.2 Å². The van der Waals surface area contributed by atoms with E-state index in [9.17, 15) is 9.18 Å². The van der Waals surface area contributed by atoms with Gasteiger partial charge in [0.25, 0.3) is 0 Å². The maximum absolute atomic E-state index is 13.9. The molecule has 7 heteroatoms. The molecule has 0 unspecified atom stereocenters. The fourth-order valence-corrected chi connectivity index (χ4v) is 2.32. The van der Waals surface area contributed by atoms with Crippen molar-refractivity contribution in [3.63, 3.8) is 0 Å². The fraction of sp³-hybridized carbons (Fsp3) is 0.500. The summed E-state index contributed by atoms with van der Waals surface area (Å²) in [6.07, 6.45) is 3.15. The molecule has 0 aromatic heterocycles. The van der Waals surface area contributed by atoms with Crippen LogP contribution >= 0.6 is 24.8 Å². The van der Waals surface area contributed by atoms with Gasteiger partial charge in [0.15, 0.2) is 0 Å². The number of amides is 1. The highest BCUT2D eigenvalue weighted by atomic mass is 35.5. The van der Waals surface area contributed by atoms with Crippen molar-refractivity contribution >= 4 is 42.1 Å². The number of rotatable bonds is 5. The van der Waals surface area contributed by atoms with Crippen LogP contribution in [0.4, 0.5) is 15.8 Å². The molecule has 4 nitrogen and oxygen atoms in total. The Morgan fingerprint density at radius 1 is 1.29 bits per heavy atom. The SMILES string of the molecule is Cl.Cl.NCCCC(=O)Nc1c(F)cccc1N1CCCC1. The molecule has 21 heavy (non-hydrogen) atoms. The molecule has 0 aliphatic carbocycles. The molecule has 1 aromatic carbocycles. The lowest BCUT2D eigenvalue weighted by molar-refractivity contribution is -0.116. The van der Waals surface area contributed by atoms with Crippen LogP contribution in [0.2, 0.25) is 0 Å². The standard InChI is InChI=1S/C14H20FN3O.2ClH/c15-11-5-3-6-12(18-9-1-2-10-18)14(11)17-13(19)7-4-8-16;;/h3,5-6H,1-2,4,7-10,16H2,(H,17,19);2*1H. The molecule has 1 aliphatic rings. The molecule has 2 rings (SSSR count). The predicted octanol–water partition coefficient (Wildman–Crippen LogP) is 2.95. The summed E-state index contributed by atoms with van der Waals surface area (Å²) >= 11 is 0. The number of nitrogens with zero attached hydrogens (tertiary/aromatic N) is 1. The van der Waals surface area contributed by atoms with Gasteiger partial charge < -0.3 is 16.0 Å². The molecule has 0 radical (unpaired) electrons. The van der Waals surface area contributed by atoms with E-state index in [-0.39, 0.29) is 36.5 Å². The second-order valence-electron chi connectivity index (χ2n) is 4.77. The molecule has 1 aliphatic heterocycles. The maximum atomic E-state index is 13.9. The Morgan fingerprint density at radius 3 is 2.57 bits per heavy atom. The molecule has 3 N–H and O–H groups in total. The van der Waals surface area contributed by atoms with E-state index in [1.165, 1.54) is 6.07 Å². The van der Waals surface area contributed by atoms with Crippen LogP contribution in [-0.2, 0) is 4.79 Å². The molecular formula is C14H22Cl2FN3O. The van der Waals surface area contributed by atoms with Crippen LogP contribution in [0.25, 0.3) is 0 Å². The first-order chi connectivity index (χ1) is 9.22. The van der Waals surface area contributed by atoms with Gasteiger partial charge in [-0.3, -0.25) is 4.79 Å². The normalized spacial score (nSPS) is 13.3. The summed E-state index contributed by atoms with van der Waals surface area (Å²) in [4.78, 5) is 13.9. The van der Waals surface area contributed by atoms with Gasteiger partial charge in [-0.05, 0) is 37.9 Å². The average molecular weight is 338 g/mol. The van der Waals surface area contributed by atoms with Crippen molar-refractivity contribution in [2.24, 2.45) is 5.73 Å². The van der Waals surface area contributed by atoms with E-state index in [2.05, 4.69) is 10.2 Å². The Labute approximate surface area is 137 Å². The monoisotopic (exact) mass is 337 g/mol. The molecule has 120 valence electrons. The van der Waals surface area contributed by atoms with Crippen molar-refractivity contribution < 1.29 is 9.18 Å². The van der Waals surface area contributed by atoms with Gasteiger partial charge in [0.05, 0.1) is 5.69 Å². The number of nitrogens with two attached hydrogens (primary N) is 1. The molecule has 0 atom stereocenters. The number of hydrogen-bond donors (Lipinski definition) is 2. The smallest absolute Gasteiger partial charge is 0.224 e. The number of carbonyl (C=O) groups is 1. The summed E-state index contributed by atoms with van der Waals surface area (Å²) in [5.74, 6) is -0.568. The maximum Gasteiger partial charge on any atom is 0.224 e. The van der Waals surface area contributed by atoms with E-state index in [0.717, 1.165) is 31.6 Å². The third-order valence-electron chi connectivity index (χ3n) is 3.31. The molecule has 1 heterocycles. The second kappa shape index (κ2) is 9.82. The van der Waals surface area contributed by atoms with E-state index >= 15 is 0 Å². The summed E-state index contributed by atoms with van der Waals surface area (Å²) in [5.41, 5.74) is 6.44. The van der Waals surface area contributed by atoms with Crippen molar-refractivity contribution in [2.45, 2.75) is 25.7 Å². The Morgan fingerprint density at radius 2 is 1.95 bits per heavy atom. The summed E-state index contributed by atoms with van der Waals surface area (Å²) in [6.45, 7) is 2.29. The van der Waals surface area contributed by atoms with Gasteiger partial charge in [-0.1, -0.05) is 6.07 Å². The molecule has 0 bridgehead atoms. The number of benzene rings is 1. The lowest BCUT2D eigenvalue weighted by Crippen LogP contribution is -2.22. The molecule has 0 saturated carbocycles. The molecule has 1 saturated heterocycles. The first kappa shape index (κ1) is 20.0. The van der Waals surface area contributed by atoms with Crippen molar-refractivity contribution in [1.29, 1.82) is 0 Å². The molecule has 1 aromatic rings. The average Bonchev–Trinajstić information content (AvgIpc) is 2.92. The number of halogens is 3. The highest BCUT2D eigenvalue weighted by molar-refractivity contribution is 5.94. The van der Waals surface area contributed by atoms with Crippen LogP contribution < -0.4 is 16.0 Å². The van der Waals surface area contributed by atoms with Crippen LogP contribution in [-0.4, -0.2) is 25.5 Å². The Balaban J connectivity index is 0.00000200. The van der Waals surface area contributed by atoms with Gasteiger partial charge in [-0.2, -0.15) is 0 Å². The number of carbonyl (C=O) groups excluding carboxylic acids is 1. The fourth-order valence-electron chi connectivity index (χ4n) is 2.32. The highest BCUT2D eigenvalue weighted by Crippen LogP contribution is 2.31. The Hall–Kier alpha value is -1.04. The second-order valence-corrected chi connectivity index (χ2v) is 4.77. The van der Waals surface area contributed by atoms with E-state index in [1.807, 2.05) is 6.07 Å². The Kier molecular flexibility index (Phi) is 9.33. The number of anilines is 2. The van der Waals surface area contributed by atoms with Gasteiger partial charge >= 0.3 is 0 Å². The van der Waals surface area contributed by atoms with Crippen LogP contribution in [0.1, 0.15) is 25.7 Å². The van der Waals surface area contributed by atoms with Gasteiger partial charge in [-0.25, -0.2) is 4.39 Å². The highest BCUT2D eigenvalue weighted by Gasteiger charge is 2.19. The molecule has 0 spiro atoms. The van der Waals surface area contributed by atoms with Crippen LogP contribution in [0.3, 0.4) is 0 Å². The molecule has 1 amide bonds. The third kappa shape index (κ3) is 5.34. The molecular weight excluding hydrogens is 316 g/mol. The van der Waals surface area contributed by atoms with Gasteiger partial charge in [0.2, 0.25) is 5.91 Å².